The summed E-state index contributed by atoms with van der Waals surface area (Å²) in [5.41, 5.74) is 0.434. The van der Waals surface area contributed by atoms with Gasteiger partial charge in [0.2, 0.25) is 5.91 Å². The third kappa shape index (κ3) is 3.27. The summed E-state index contributed by atoms with van der Waals surface area (Å²) in [6, 6.07) is 5.29. The van der Waals surface area contributed by atoms with Crippen LogP contribution < -0.4 is 10.9 Å². The lowest BCUT2D eigenvalue weighted by Gasteiger charge is -2.06. The van der Waals surface area contributed by atoms with E-state index in [4.69, 9.17) is 0 Å². The van der Waals surface area contributed by atoms with Gasteiger partial charge in [0.25, 0.3) is 5.56 Å². The van der Waals surface area contributed by atoms with E-state index < -0.39 is 0 Å². The van der Waals surface area contributed by atoms with Gasteiger partial charge in [-0.2, -0.15) is 0 Å². The van der Waals surface area contributed by atoms with Crippen molar-refractivity contribution in [2.45, 2.75) is 20.0 Å². The average molecular weight is 263 g/mol. The summed E-state index contributed by atoms with van der Waals surface area (Å²) < 4.78 is 1.29. The zero-order valence-electron chi connectivity index (χ0n) is 9.92. The topological polar surface area (TPSA) is 64.0 Å². The second-order valence-electron chi connectivity index (χ2n) is 3.85. The lowest BCUT2D eigenvalue weighted by molar-refractivity contribution is -0.121. The zero-order valence-corrected chi connectivity index (χ0v) is 10.7. The molecule has 0 fully saturated rings. The first-order valence-electron chi connectivity index (χ1n) is 5.47. The van der Waals surface area contributed by atoms with Gasteiger partial charge in [-0.15, -0.1) is 11.3 Å². The SMILES string of the molecule is Cc1cc(=O)n(CC(=O)NCc2cccs2)cn1. The van der Waals surface area contributed by atoms with Crippen LogP contribution in [0.2, 0.25) is 0 Å². The summed E-state index contributed by atoms with van der Waals surface area (Å²) >= 11 is 1.58. The Bertz CT molecular complexity index is 590. The third-order valence-electron chi connectivity index (χ3n) is 2.37. The Morgan fingerprint density at radius 3 is 3.06 bits per heavy atom. The van der Waals surface area contributed by atoms with Crippen molar-refractivity contribution in [3.8, 4) is 0 Å². The number of carbonyl (C=O) groups is 1. The molecule has 0 radical (unpaired) electrons. The second kappa shape index (κ2) is 5.59. The lowest BCUT2D eigenvalue weighted by Crippen LogP contribution is -2.31. The maximum Gasteiger partial charge on any atom is 0.253 e. The molecule has 0 aliphatic rings. The van der Waals surface area contributed by atoms with Gasteiger partial charge in [-0.1, -0.05) is 6.07 Å². The summed E-state index contributed by atoms with van der Waals surface area (Å²) in [6.07, 6.45) is 1.39. The molecule has 2 aromatic rings. The van der Waals surface area contributed by atoms with Gasteiger partial charge in [-0.3, -0.25) is 14.2 Å². The minimum atomic E-state index is -0.214. The highest BCUT2D eigenvalue weighted by Gasteiger charge is 2.05. The van der Waals surface area contributed by atoms with E-state index in [2.05, 4.69) is 10.3 Å². The summed E-state index contributed by atoms with van der Waals surface area (Å²) in [4.78, 5) is 28.3. The molecule has 0 aliphatic carbocycles. The van der Waals surface area contributed by atoms with Gasteiger partial charge in [0.15, 0.2) is 0 Å². The fraction of sp³-hybridized carbons (Fsp3) is 0.250. The summed E-state index contributed by atoms with van der Waals surface area (Å²) in [6.45, 7) is 2.23. The molecule has 1 amide bonds. The van der Waals surface area contributed by atoms with Gasteiger partial charge >= 0.3 is 0 Å². The number of nitrogens with zero attached hydrogens (tertiary/aromatic N) is 2. The van der Waals surface area contributed by atoms with Crippen LogP contribution in [-0.2, 0) is 17.9 Å². The molecule has 0 bridgehead atoms. The van der Waals surface area contributed by atoms with Gasteiger partial charge in [0.05, 0.1) is 12.9 Å². The van der Waals surface area contributed by atoms with E-state index in [9.17, 15) is 9.59 Å². The Hall–Kier alpha value is -1.95. The highest BCUT2D eigenvalue weighted by Crippen LogP contribution is 2.07. The first-order chi connectivity index (χ1) is 8.65. The number of rotatable bonds is 4. The number of aromatic nitrogens is 2. The highest BCUT2D eigenvalue weighted by atomic mass is 32.1. The third-order valence-corrected chi connectivity index (χ3v) is 3.25. The van der Waals surface area contributed by atoms with Crippen molar-refractivity contribution in [1.82, 2.24) is 14.9 Å². The number of amides is 1. The molecule has 0 aromatic carbocycles. The number of thiophene rings is 1. The molecule has 1 N–H and O–H groups in total. The van der Waals surface area contributed by atoms with Crippen molar-refractivity contribution in [1.29, 1.82) is 0 Å². The Labute approximate surface area is 108 Å². The Morgan fingerprint density at radius 1 is 1.56 bits per heavy atom. The number of hydrogen-bond donors (Lipinski definition) is 1. The predicted octanol–water partition coefficient (Wildman–Crippen LogP) is 0.930. The largest absolute Gasteiger partial charge is 0.350 e. The van der Waals surface area contributed by atoms with Gasteiger partial charge in [-0.25, -0.2) is 4.98 Å². The van der Waals surface area contributed by atoms with Crippen LogP contribution in [0.25, 0.3) is 0 Å². The molecule has 0 saturated carbocycles. The monoisotopic (exact) mass is 263 g/mol. The van der Waals surface area contributed by atoms with Crippen molar-refractivity contribution in [2.75, 3.05) is 0 Å². The molecule has 18 heavy (non-hydrogen) atoms. The first-order valence-corrected chi connectivity index (χ1v) is 6.35. The number of carbonyl (C=O) groups excluding carboxylic acids is 1. The second-order valence-corrected chi connectivity index (χ2v) is 4.88. The normalized spacial score (nSPS) is 10.3. The fourth-order valence-electron chi connectivity index (χ4n) is 1.44. The fourth-order valence-corrected chi connectivity index (χ4v) is 2.09. The van der Waals surface area contributed by atoms with E-state index >= 15 is 0 Å². The van der Waals surface area contributed by atoms with Crippen LogP contribution in [-0.4, -0.2) is 15.5 Å². The molecule has 0 saturated heterocycles. The molecular weight excluding hydrogens is 250 g/mol. The zero-order chi connectivity index (χ0) is 13.0. The summed E-state index contributed by atoms with van der Waals surface area (Å²) in [5, 5.41) is 4.71. The number of aryl methyl sites for hydroxylation is 1. The molecule has 0 aliphatic heterocycles. The van der Waals surface area contributed by atoms with Gasteiger partial charge in [0, 0.05) is 16.6 Å². The van der Waals surface area contributed by atoms with E-state index in [1.165, 1.54) is 17.0 Å². The molecule has 6 heteroatoms. The van der Waals surface area contributed by atoms with Crippen LogP contribution in [0.3, 0.4) is 0 Å². The Morgan fingerprint density at radius 2 is 2.39 bits per heavy atom. The van der Waals surface area contributed by atoms with Crippen molar-refractivity contribution >= 4 is 17.2 Å². The van der Waals surface area contributed by atoms with Crippen molar-refractivity contribution in [3.63, 3.8) is 0 Å². The maximum atomic E-state index is 11.7. The highest BCUT2D eigenvalue weighted by molar-refractivity contribution is 7.09. The molecule has 94 valence electrons. The van der Waals surface area contributed by atoms with Crippen molar-refractivity contribution in [2.24, 2.45) is 0 Å². The van der Waals surface area contributed by atoms with E-state index in [1.54, 1.807) is 18.3 Å². The lowest BCUT2D eigenvalue weighted by atomic mass is 10.4. The van der Waals surface area contributed by atoms with Crippen LogP contribution >= 0.6 is 11.3 Å². The van der Waals surface area contributed by atoms with E-state index in [0.29, 0.717) is 12.2 Å². The van der Waals surface area contributed by atoms with E-state index in [-0.39, 0.29) is 18.0 Å². The number of hydrogen-bond acceptors (Lipinski definition) is 4. The predicted molar refractivity (Wildman–Crippen MR) is 69.4 cm³/mol. The molecule has 0 unspecified atom stereocenters. The molecule has 5 nitrogen and oxygen atoms in total. The van der Waals surface area contributed by atoms with Crippen LogP contribution in [0.1, 0.15) is 10.6 Å². The molecule has 2 heterocycles. The molecule has 0 atom stereocenters. The summed E-state index contributed by atoms with van der Waals surface area (Å²) in [7, 11) is 0. The van der Waals surface area contributed by atoms with Gasteiger partial charge in [-0.05, 0) is 18.4 Å². The summed E-state index contributed by atoms with van der Waals surface area (Å²) in [5.74, 6) is -0.198. The minimum Gasteiger partial charge on any atom is -0.350 e. The first kappa shape index (κ1) is 12.5. The van der Waals surface area contributed by atoms with Crippen LogP contribution in [0.4, 0.5) is 0 Å². The Kier molecular flexibility index (Phi) is 3.88. The van der Waals surface area contributed by atoms with E-state index in [1.807, 2.05) is 17.5 Å². The minimum absolute atomic E-state index is 0.00249. The Balaban J connectivity index is 1.93. The molecule has 2 rings (SSSR count). The van der Waals surface area contributed by atoms with Crippen molar-refractivity contribution < 1.29 is 4.79 Å². The average Bonchev–Trinajstić information content (AvgIpc) is 2.83. The van der Waals surface area contributed by atoms with Crippen LogP contribution in [0.5, 0.6) is 0 Å². The van der Waals surface area contributed by atoms with E-state index in [0.717, 1.165) is 4.88 Å². The van der Waals surface area contributed by atoms with Gasteiger partial charge in [0.1, 0.15) is 6.54 Å². The van der Waals surface area contributed by atoms with Gasteiger partial charge < -0.3 is 5.32 Å². The molecule has 0 spiro atoms. The standard InChI is InChI=1S/C12H13N3O2S/c1-9-5-12(17)15(8-14-9)7-11(16)13-6-10-3-2-4-18-10/h2-5,8H,6-7H2,1H3,(H,13,16). The quantitative estimate of drug-likeness (QED) is 0.892. The van der Waals surface area contributed by atoms with Crippen LogP contribution in [0, 0.1) is 6.92 Å². The smallest absolute Gasteiger partial charge is 0.253 e. The molecule has 2 aromatic heterocycles. The molecular formula is C12H13N3O2S. The number of nitrogens with one attached hydrogen (secondary N) is 1. The maximum absolute atomic E-state index is 11.7. The van der Waals surface area contributed by atoms with Crippen LogP contribution in [0.15, 0.2) is 34.7 Å². The van der Waals surface area contributed by atoms with Crippen molar-refractivity contribution in [3.05, 3.63) is 50.8 Å².